The van der Waals surface area contributed by atoms with Crippen molar-refractivity contribution < 1.29 is 9.53 Å². The number of ether oxygens (including phenoxy) is 1. The molecule has 0 aromatic rings. The van der Waals surface area contributed by atoms with Gasteiger partial charge in [0, 0.05) is 18.0 Å². The highest BCUT2D eigenvalue weighted by Crippen LogP contribution is 2.52. The molecule has 0 aromatic heterocycles. The van der Waals surface area contributed by atoms with E-state index in [2.05, 4.69) is 26.8 Å². The first kappa shape index (κ1) is 12.9. The first-order chi connectivity index (χ1) is 7.93. The second-order valence-electron chi connectivity index (χ2n) is 5.87. The zero-order valence-electron chi connectivity index (χ0n) is 10.8. The third kappa shape index (κ3) is 2.37. The Morgan fingerprint density at radius 1 is 1.53 bits per heavy atom. The molecule has 17 heavy (non-hydrogen) atoms. The van der Waals surface area contributed by atoms with E-state index in [1.54, 1.807) is 0 Å². The van der Waals surface area contributed by atoms with Gasteiger partial charge in [-0.2, -0.15) is 0 Å². The van der Waals surface area contributed by atoms with Crippen LogP contribution in [0.2, 0.25) is 0 Å². The van der Waals surface area contributed by atoms with Crippen molar-refractivity contribution in [2.24, 2.45) is 17.3 Å². The molecule has 2 unspecified atom stereocenters. The van der Waals surface area contributed by atoms with E-state index in [4.69, 9.17) is 16.3 Å². The maximum absolute atomic E-state index is 10.8. The van der Waals surface area contributed by atoms with Gasteiger partial charge in [0.05, 0.1) is 0 Å². The van der Waals surface area contributed by atoms with Crippen molar-refractivity contribution in [3.63, 3.8) is 0 Å². The van der Waals surface area contributed by atoms with Crippen molar-refractivity contribution in [3.05, 3.63) is 11.6 Å². The molecule has 1 saturated carbocycles. The lowest BCUT2D eigenvalue weighted by Gasteiger charge is -2.48. The van der Waals surface area contributed by atoms with Gasteiger partial charge in [-0.05, 0) is 36.5 Å². The van der Waals surface area contributed by atoms with Gasteiger partial charge in [-0.25, -0.2) is 4.79 Å². The lowest BCUT2D eigenvalue weighted by atomic mass is 9.57. The van der Waals surface area contributed by atoms with E-state index in [1.807, 2.05) is 0 Å². The summed E-state index contributed by atoms with van der Waals surface area (Å²) in [5.74, 6) is 1.45. The molecule has 3 heteroatoms. The fourth-order valence-corrected chi connectivity index (χ4v) is 3.56. The summed E-state index contributed by atoms with van der Waals surface area (Å²) in [7, 11) is 0. The zero-order valence-corrected chi connectivity index (χ0v) is 11.6. The molecule has 2 rings (SSSR count). The zero-order chi connectivity index (χ0) is 12.6. The molecule has 2 nitrogen and oxygen atoms in total. The lowest BCUT2D eigenvalue weighted by Crippen LogP contribution is -2.40. The Hall–Kier alpha value is -0.500. The normalized spacial score (nSPS) is 41.4. The van der Waals surface area contributed by atoms with Gasteiger partial charge in [-0.15, -0.1) is 0 Å². The van der Waals surface area contributed by atoms with Crippen molar-refractivity contribution in [1.82, 2.24) is 0 Å². The summed E-state index contributed by atoms with van der Waals surface area (Å²) < 4.78 is 5.13. The first-order valence-electron chi connectivity index (χ1n) is 6.49. The molecular weight excluding hydrogens is 236 g/mol. The topological polar surface area (TPSA) is 26.3 Å². The number of rotatable bonds is 1. The third-order valence-corrected chi connectivity index (χ3v) is 5.11. The van der Waals surface area contributed by atoms with Crippen molar-refractivity contribution in [2.75, 3.05) is 0 Å². The molecule has 0 aliphatic heterocycles. The Labute approximate surface area is 108 Å². The molecule has 0 aromatic carbocycles. The molecule has 96 valence electrons. The average Bonchev–Trinajstić information content (AvgIpc) is 2.26. The van der Waals surface area contributed by atoms with Crippen LogP contribution in [0.25, 0.3) is 0 Å². The minimum atomic E-state index is -0.670. The van der Waals surface area contributed by atoms with Gasteiger partial charge < -0.3 is 4.74 Å². The summed E-state index contributed by atoms with van der Waals surface area (Å²) in [6.45, 7) is 7.04. The molecule has 0 saturated heterocycles. The minimum absolute atomic E-state index is 0.0140. The van der Waals surface area contributed by atoms with Gasteiger partial charge >= 0.3 is 5.43 Å². The van der Waals surface area contributed by atoms with Crippen LogP contribution < -0.4 is 0 Å². The molecule has 2 aliphatic rings. The number of fused-ring (bicyclic) bond motifs is 1. The van der Waals surface area contributed by atoms with Crippen LogP contribution in [0.3, 0.4) is 0 Å². The predicted molar refractivity (Wildman–Crippen MR) is 69.1 cm³/mol. The van der Waals surface area contributed by atoms with Crippen molar-refractivity contribution in [3.8, 4) is 0 Å². The standard InChI is InChI=1S/C14H21ClO2/c1-9-4-5-11-8-12(17-13(15)16)6-7-14(11,3)10(9)2/h5,9-10,12H,4,6-8H2,1-3H3/t9?,10?,12-,14+/m0/s1. The van der Waals surface area contributed by atoms with Gasteiger partial charge in [0.15, 0.2) is 0 Å². The fraction of sp³-hybridized carbons (Fsp3) is 0.786. The summed E-state index contributed by atoms with van der Waals surface area (Å²) in [4.78, 5) is 10.8. The van der Waals surface area contributed by atoms with Gasteiger partial charge in [0.2, 0.25) is 0 Å². The highest BCUT2D eigenvalue weighted by molar-refractivity contribution is 6.61. The van der Waals surface area contributed by atoms with Crippen LogP contribution in [0.5, 0.6) is 0 Å². The second kappa shape index (κ2) is 4.64. The third-order valence-electron chi connectivity index (χ3n) is 5.02. The highest BCUT2D eigenvalue weighted by Gasteiger charge is 2.44. The molecule has 0 spiro atoms. The SMILES string of the molecule is CC1CC=C2C[C@@H](OC(=O)Cl)CC[C@]2(C)C1C. The van der Waals surface area contributed by atoms with E-state index >= 15 is 0 Å². The summed E-state index contributed by atoms with van der Waals surface area (Å²) in [6.07, 6.45) is 6.39. The van der Waals surface area contributed by atoms with Crippen LogP contribution in [0, 0.1) is 17.3 Å². The number of carbonyl (C=O) groups is 1. The monoisotopic (exact) mass is 256 g/mol. The summed E-state index contributed by atoms with van der Waals surface area (Å²) in [5.41, 5.74) is 1.10. The number of halogens is 1. The molecule has 1 fully saturated rings. The molecule has 2 aliphatic carbocycles. The van der Waals surface area contributed by atoms with Crippen LogP contribution in [-0.2, 0) is 4.74 Å². The number of hydrogen-bond donors (Lipinski definition) is 0. The molecule has 0 radical (unpaired) electrons. The molecular formula is C14H21ClO2. The van der Waals surface area contributed by atoms with Crippen molar-refractivity contribution in [2.45, 2.75) is 52.6 Å². The largest absolute Gasteiger partial charge is 0.450 e. The highest BCUT2D eigenvalue weighted by atomic mass is 35.5. The Bertz CT molecular complexity index is 350. The van der Waals surface area contributed by atoms with Crippen LogP contribution >= 0.6 is 11.6 Å². The van der Waals surface area contributed by atoms with Crippen LogP contribution in [0.15, 0.2) is 11.6 Å². The van der Waals surface area contributed by atoms with Crippen LogP contribution in [0.1, 0.15) is 46.5 Å². The van der Waals surface area contributed by atoms with Crippen LogP contribution in [-0.4, -0.2) is 11.5 Å². The Morgan fingerprint density at radius 2 is 2.24 bits per heavy atom. The van der Waals surface area contributed by atoms with Crippen molar-refractivity contribution >= 4 is 17.0 Å². The smallest absolute Gasteiger partial charge is 0.404 e. The molecule has 0 bridgehead atoms. The van der Waals surface area contributed by atoms with E-state index in [-0.39, 0.29) is 6.10 Å². The first-order valence-corrected chi connectivity index (χ1v) is 6.87. The van der Waals surface area contributed by atoms with E-state index in [9.17, 15) is 4.79 Å². The minimum Gasteiger partial charge on any atom is -0.450 e. The Kier molecular flexibility index (Phi) is 3.53. The second-order valence-corrected chi connectivity index (χ2v) is 6.18. The van der Waals surface area contributed by atoms with Gasteiger partial charge in [-0.3, -0.25) is 0 Å². The van der Waals surface area contributed by atoms with E-state index in [1.165, 1.54) is 5.57 Å². The number of carbonyl (C=O) groups excluding carboxylic acids is 1. The van der Waals surface area contributed by atoms with E-state index in [0.717, 1.165) is 31.6 Å². The van der Waals surface area contributed by atoms with Crippen LogP contribution in [0.4, 0.5) is 4.79 Å². The maximum atomic E-state index is 10.8. The Balaban J connectivity index is 2.13. The summed E-state index contributed by atoms with van der Waals surface area (Å²) >= 11 is 5.29. The predicted octanol–water partition coefficient (Wildman–Crippen LogP) is 4.52. The lowest BCUT2D eigenvalue weighted by molar-refractivity contribution is 0.0529. The average molecular weight is 257 g/mol. The molecule has 0 N–H and O–H groups in total. The van der Waals surface area contributed by atoms with Crippen molar-refractivity contribution in [1.29, 1.82) is 0 Å². The molecule has 0 amide bonds. The van der Waals surface area contributed by atoms with Gasteiger partial charge in [-0.1, -0.05) is 32.4 Å². The fourth-order valence-electron chi connectivity index (χ4n) is 3.43. The van der Waals surface area contributed by atoms with Gasteiger partial charge in [0.25, 0.3) is 0 Å². The summed E-state index contributed by atoms with van der Waals surface area (Å²) in [5, 5.41) is 0. The summed E-state index contributed by atoms with van der Waals surface area (Å²) in [6, 6.07) is 0. The van der Waals surface area contributed by atoms with Gasteiger partial charge in [0.1, 0.15) is 6.10 Å². The van der Waals surface area contributed by atoms with E-state index < -0.39 is 5.43 Å². The quantitative estimate of drug-likeness (QED) is 0.509. The number of hydrogen-bond acceptors (Lipinski definition) is 2. The number of allylic oxidation sites excluding steroid dienone is 1. The maximum Gasteiger partial charge on any atom is 0.404 e. The molecule has 4 atom stereocenters. The molecule has 0 heterocycles. The Morgan fingerprint density at radius 3 is 2.88 bits per heavy atom. The van der Waals surface area contributed by atoms with E-state index in [0.29, 0.717) is 11.3 Å².